The van der Waals surface area contributed by atoms with E-state index in [2.05, 4.69) is 34.9 Å². The van der Waals surface area contributed by atoms with E-state index in [0.29, 0.717) is 16.7 Å². The van der Waals surface area contributed by atoms with Crippen LogP contribution in [0.1, 0.15) is 43.2 Å². The Balaban J connectivity index is 1.38. The number of rotatable bonds is 15. The van der Waals surface area contributed by atoms with Crippen LogP contribution in [-0.2, 0) is 19.9 Å². The van der Waals surface area contributed by atoms with Crippen LogP contribution >= 0.6 is 11.8 Å². The zero-order chi connectivity index (χ0) is 38.6. The van der Waals surface area contributed by atoms with Gasteiger partial charge in [-0.1, -0.05) is 99.8 Å². The summed E-state index contributed by atoms with van der Waals surface area (Å²) in [7, 11) is 1.87. The van der Waals surface area contributed by atoms with E-state index in [1.165, 1.54) is 11.8 Å². The molecule has 14 heteroatoms. The van der Waals surface area contributed by atoms with Crippen molar-refractivity contribution in [3.63, 3.8) is 0 Å². The summed E-state index contributed by atoms with van der Waals surface area (Å²) in [4.78, 5) is 38.0. The number of nitrogens with one attached hydrogen (secondary N) is 2. The van der Waals surface area contributed by atoms with Crippen LogP contribution in [0.25, 0.3) is 11.2 Å². The fourth-order valence-corrected chi connectivity index (χ4v) is 9.94. The summed E-state index contributed by atoms with van der Waals surface area (Å²) < 4.78 is 26.5. The minimum Gasteiger partial charge on any atom is -0.497 e. The Kier molecular flexibility index (Phi) is 12.0. The number of thioether (sulfide) groups is 1. The topological polar surface area (TPSA) is 150 Å². The molecular weight excluding hydrogens is 723 g/mol. The number of methoxy groups -OCH3 is 2. The second-order valence-corrected chi connectivity index (χ2v) is 21.6. The lowest BCUT2D eigenvalue weighted by Gasteiger charge is -2.37. The number of fused-ring (bicyclic) bond motifs is 1. The van der Waals surface area contributed by atoms with Crippen LogP contribution in [0, 0.1) is 5.92 Å². The van der Waals surface area contributed by atoms with Crippen molar-refractivity contribution >= 4 is 42.9 Å². The number of hydrogen-bond donors (Lipinski definition) is 3. The summed E-state index contributed by atoms with van der Waals surface area (Å²) in [6, 6.07) is 26.5. The van der Waals surface area contributed by atoms with Gasteiger partial charge in [0.05, 0.1) is 26.9 Å². The molecular formula is C40H49N5O7SSi. The van der Waals surface area contributed by atoms with Gasteiger partial charge in [-0.15, -0.1) is 0 Å². The number of carbonyl (C=O) groups is 1. The van der Waals surface area contributed by atoms with Gasteiger partial charge in [-0.05, 0) is 52.8 Å². The molecule has 0 unspecified atom stereocenters. The number of amides is 1. The number of ether oxygens (including phenoxy) is 4. The monoisotopic (exact) mass is 771 g/mol. The summed E-state index contributed by atoms with van der Waals surface area (Å²) in [5, 5.41) is 14.9. The fraction of sp³-hybridized carbons (Fsp3) is 0.400. The predicted molar refractivity (Wildman–Crippen MR) is 213 cm³/mol. The highest BCUT2D eigenvalue weighted by atomic mass is 32.2. The summed E-state index contributed by atoms with van der Waals surface area (Å²) in [6.07, 6.45) is -2.19. The van der Waals surface area contributed by atoms with Gasteiger partial charge in [-0.3, -0.25) is 24.5 Å². The van der Waals surface area contributed by atoms with E-state index in [1.807, 2.05) is 78.9 Å². The highest BCUT2D eigenvalue weighted by Crippen LogP contribution is 2.43. The van der Waals surface area contributed by atoms with E-state index in [0.717, 1.165) is 28.5 Å². The first kappa shape index (κ1) is 39.2. The maximum Gasteiger partial charge on any atom is 0.280 e. The van der Waals surface area contributed by atoms with Crippen molar-refractivity contribution in [2.45, 2.75) is 75.1 Å². The van der Waals surface area contributed by atoms with Gasteiger partial charge < -0.3 is 24.1 Å². The Morgan fingerprint density at radius 3 is 2.13 bits per heavy atom. The Morgan fingerprint density at radius 1 is 0.981 bits per heavy atom. The highest BCUT2D eigenvalue weighted by molar-refractivity contribution is 7.99. The summed E-state index contributed by atoms with van der Waals surface area (Å²) >= 11 is 1.53. The molecule has 3 atom stereocenters. The van der Waals surface area contributed by atoms with Gasteiger partial charge >= 0.3 is 0 Å². The number of carbonyl (C=O) groups excluding carboxylic acids is 1. The average Bonchev–Trinajstić information content (AvgIpc) is 3.71. The molecule has 1 aliphatic heterocycles. The van der Waals surface area contributed by atoms with Crippen molar-refractivity contribution in [2.24, 2.45) is 5.92 Å². The first-order valence-electron chi connectivity index (χ1n) is 18.1. The molecule has 0 radical (unpaired) electrons. The largest absolute Gasteiger partial charge is 0.497 e. The number of H-pyrrole nitrogens is 1. The lowest BCUT2D eigenvalue weighted by Crippen LogP contribution is -2.38. The van der Waals surface area contributed by atoms with Crippen LogP contribution in [0.5, 0.6) is 11.5 Å². The zero-order valence-electron chi connectivity index (χ0n) is 31.8. The zero-order valence-corrected chi connectivity index (χ0v) is 33.6. The van der Waals surface area contributed by atoms with Crippen LogP contribution in [-0.4, -0.2) is 77.4 Å². The minimum absolute atomic E-state index is 0.0130. The first-order valence-corrected chi connectivity index (χ1v) is 22.8. The van der Waals surface area contributed by atoms with Crippen molar-refractivity contribution in [1.29, 1.82) is 0 Å². The third-order valence-corrected chi connectivity index (χ3v) is 12.6. The SMILES string of the molecule is COc1ccc(C(OC[C@H]2O[C@@H](n3c(SCC[Si](C)(C)C)nc4c(=O)[nH]c(NC(=O)C(C)C)nc43)C[C@@H]2O)(c2ccccc2)c2ccc(OC)cc2)cc1. The number of hydrogen-bond acceptors (Lipinski definition) is 10. The molecule has 0 saturated carbocycles. The number of aliphatic hydroxyl groups excluding tert-OH is 1. The number of nitrogens with zero attached hydrogens (tertiary/aromatic N) is 3. The van der Waals surface area contributed by atoms with Crippen LogP contribution < -0.4 is 20.3 Å². The van der Waals surface area contributed by atoms with Gasteiger partial charge in [-0.25, -0.2) is 4.98 Å². The Morgan fingerprint density at radius 2 is 1.57 bits per heavy atom. The molecule has 1 amide bonds. The Bertz CT molecular complexity index is 2050. The van der Waals surface area contributed by atoms with Crippen molar-refractivity contribution in [3.05, 3.63) is 106 Å². The maximum absolute atomic E-state index is 13.3. The molecule has 5 aromatic rings. The van der Waals surface area contributed by atoms with E-state index < -0.39 is 37.7 Å². The number of benzene rings is 3. The third kappa shape index (κ3) is 8.42. The number of aliphatic hydroxyl groups is 1. The molecule has 0 aliphatic carbocycles. The quantitative estimate of drug-likeness (QED) is 0.0588. The van der Waals surface area contributed by atoms with Gasteiger partial charge in [0.25, 0.3) is 5.56 Å². The average molecular weight is 772 g/mol. The lowest BCUT2D eigenvalue weighted by atomic mass is 9.80. The van der Waals surface area contributed by atoms with Gasteiger partial charge in [0.1, 0.15) is 29.4 Å². The van der Waals surface area contributed by atoms with E-state index in [9.17, 15) is 14.7 Å². The van der Waals surface area contributed by atoms with Crippen molar-refractivity contribution in [3.8, 4) is 11.5 Å². The Hall–Kier alpha value is -4.47. The number of aromatic nitrogens is 4. The molecule has 6 rings (SSSR count). The normalized spacial score (nSPS) is 17.6. The van der Waals surface area contributed by atoms with Crippen LogP contribution in [0.3, 0.4) is 0 Å². The van der Waals surface area contributed by atoms with Crippen LogP contribution in [0.15, 0.2) is 88.8 Å². The first-order chi connectivity index (χ1) is 25.8. The summed E-state index contributed by atoms with van der Waals surface area (Å²) in [5.41, 5.74) is 1.39. The van der Waals surface area contributed by atoms with Crippen molar-refractivity contribution in [2.75, 3.05) is 31.9 Å². The van der Waals surface area contributed by atoms with Gasteiger partial charge in [-0.2, -0.15) is 4.98 Å². The highest BCUT2D eigenvalue weighted by Gasteiger charge is 2.43. The third-order valence-electron chi connectivity index (χ3n) is 9.50. The second-order valence-electron chi connectivity index (χ2n) is 14.9. The van der Waals surface area contributed by atoms with Crippen LogP contribution in [0.4, 0.5) is 5.95 Å². The predicted octanol–water partition coefficient (Wildman–Crippen LogP) is 6.82. The maximum atomic E-state index is 13.3. The molecule has 1 saturated heterocycles. The van der Waals surface area contributed by atoms with Crippen molar-refractivity contribution in [1.82, 2.24) is 19.5 Å². The molecule has 1 aliphatic rings. The summed E-state index contributed by atoms with van der Waals surface area (Å²) in [5.74, 6) is 1.62. The number of anilines is 1. The number of aromatic amines is 1. The van der Waals surface area contributed by atoms with E-state index in [4.69, 9.17) is 23.9 Å². The van der Waals surface area contributed by atoms with Crippen molar-refractivity contribution < 1.29 is 28.8 Å². The molecule has 12 nitrogen and oxygen atoms in total. The fourth-order valence-electron chi connectivity index (χ4n) is 6.40. The molecule has 0 spiro atoms. The van der Waals surface area contributed by atoms with E-state index in [1.54, 1.807) is 32.6 Å². The molecule has 2 aromatic heterocycles. The Labute approximate surface area is 320 Å². The second kappa shape index (κ2) is 16.5. The summed E-state index contributed by atoms with van der Waals surface area (Å²) in [6.45, 7) is 10.5. The van der Waals surface area contributed by atoms with Gasteiger partial charge in [0.2, 0.25) is 11.9 Å². The van der Waals surface area contributed by atoms with E-state index in [-0.39, 0.29) is 42.0 Å². The van der Waals surface area contributed by atoms with E-state index >= 15 is 0 Å². The molecule has 1 fully saturated rings. The molecule has 286 valence electrons. The molecule has 54 heavy (non-hydrogen) atoms. The van der Waals surface area contributed by atoms with Crippen LogP contribution in [0.2, 0.25) is 25.7 Å². The smallest absolute Gasteiger partial charge is 0.280 e. The number of imidazole rings is 1. The molecule has 3 aromatic carbocycles. The molecule has 0 bridgehead atoms. The molecule has 3 N–H and O–H groups in total. The van der Waals surface area contributed by atoms with Gasteiger partial charge in [0, 0.05) is 20.4 Å². The molecule has 3 heterocycles. The lowest BCUT2D eigenvalue weighted by molar-refractivity contribution is -0.118. The minimum atomic E-state index is -1.38. The standard InChI is InChI=1S/C40H49N5O7SSi/c1-25(2)36(47)43-38-42-35-34(37(48)44-38)41-39(53-21-22-54(5,6)7)45(35)33-23-31(46)32(52-33)24-51-40(26-11-9-8-10-12-26,27-13-17-29(49-3)18-14-27)28-15-19-30(50-4)20-16-28/h8-20,25,31-33,46H,21-24H2,1-7H3,(H2,42,43,44,47,48)/t31-,32+,33+/m0/s1. The van der Waals surface area contributed by atoms with Gasteiger partial charge in [0.15, 0.2) is 16.3 Å².